The summed E-state index contributed by atoms with van der Waals surface area (Å²) in [4.78, 5) is 39.5. The molecule has 8 heteroatoms. The number of halogens is 1. The first-order valence-electron chi connectivity index (χ1n) is 10.7. The lowest BCUT2D eigenvalue weighted by Crippen LogP contribution is -2.27. The van der Waals surface area contributed by atoms with E-state index in [2.05, 4.69) is 0 Å². The summed E-state index contributed by atoms with van der Waals surface area (Å²) in [6.45, 7) is 4.06. The first-order valence-corrected chi connectivity index (χ1v) is 11.9. The molecule has 3 aromatic carbocycles. The van der Waals surface area contributed by atoms with E-state index in [1.165, 1.54) is 12.0 Å². The number of aryl methyl sites for hydroxylation is 2. The number of carbonyl (C=O) groups excluding carboxylic acids is 3. The van der Waals surface area contributed by atoms with Crippen LogP contribution in [0.1, 0.15) is 32.6 Å². The molecule has 0 spiro atoms. The molecule has 1 saturated heterocycles. The van der Waals surface area contributed by atoms with Crippen LogP contribution in [0.5, 0.6) is 11.5 Å². The molecule has 0 aromatic heterocycles. The molecule has 1 aliphatic rings. The third kappa shape index (κ3) is 5.42. The van der Waals surface area contributed by atoms with Crippen molar-refractivity contribution in [2.75, 3.05) is 7.11 Å². The molecular weight excluding hydrogens is 486 g/mol. The number of hydrogen-bond donors (Lipinski definition) is 0. The van der Waals surface area contributed by atoms with E-state index in [1.54, 1.807) is 30.3 Å². The number of rotatable bonds is 6. The van der Waals surface area contributed by atoms with Crippen LogP contribution < -0.4 is 9.47 Å². The quantitative estimate of drug-likeness (QED) is 0.218. The molecule has 1 heterocycles. The largest absolute Gasteiger partial charge is 0.493 e. The van der Waals surface area contributed by atoms with Gasteiger partial charge in [0.25, 0.3) is 11.1 Å². The maximum atomic E-state index is 13.0. The van der Waals surface area contributed by atoms with Crippen molar-refractivity contribution in [3.63, 3.8) is 0 Å². The maximum Gasteiger partial charge on any atom is 0.343 e. The fourth-order valence-electron chi connectivity index (χ4n) is 3.51. The number of hydrogen-bond acceptors (Lipinski definition) is 6. The van der Waals surface area contributed by atoms with Crippen molar-refractivity contribution in [2.24, 2.45) is 0 Å². The van der Waals surface area contributed by atoms with Gasteiger partial charge in [-0.15, -0.1) is 0 Å². The molecule has 0 unspecified atom stereocenters. The van der Waals surface area contributed by atoms with Crippen LogP contribution in [0.4, 0.5) is 4.79 Å². The van der Waals surface area contributed by atoms with Crippen LogP contribution >= 0.6 is 23.4 Å². The topological polar surface area (TPSA) is 72.9 Å². The normalized spacial score (nSPS) is 14.5. The van der Waals surface area contributed by atoms with E-state index >= 15 is 0 Å². The van der Waals surface area contributed by atoms with Gasteiger partial charge in [-0.05, 0) is 72.6 Å². The molecule has 1 fully saturated rings. The Morgan fingerprint density at radius 1 is 1.06 bits per heavy atom. The van der Waals surface area contributed by atoms with Crippen molar-refractivity contribution in [1.29, 1.82) is 0 Å². The first kappa shape index (κ1) is 24.6. The smallest absolute Gasteiger partial charge is 0.343 e. The van der Waals surface area contributed by atoms with Crippen LogP contribution in [-0.4, -0.2) is 29.1 Å². The molecule has 0 saturated carbocycles. The Morgan fingerprint density at radius 3 is 2.46 bits per heavy atom. The van der Waals surface area contributed by atoms with E-state index in [9.17, 15) is 14.4 Å². The number of imide groups is 1. The van der Waals surface area contributed by atoms with E-state index in [0.29, 0.717) is 11.1 Å². The van der Waals surface area contributed by atoms with E-state index in [-0.39, 0.29) is 39.1 Å². The molecule has 1 aliphatic heterocycles. The second kappa shape index (κ2) is 10.4. The fraction of sp³-hybridized carbons (Fsp3) is 0.148. The molecular formula is C27H22ClNO5S. The van der Waals surface area contributed by atoms with E-state index in [0.717, 1.165) is 28.5 Å². The minimum Gasteiger partial charge on any atom is -0.493 e. The van der Waals surface area contributed by atoms with Crippen molar-refractivity contribution in [2.45, 2.75) is 20.4 Å². The molecule has 2 amide bonds. The average molecular weight is 508 g/mol. The SMILES string of the molecule is COc1cc(/C=C2\SC(=O)N(Cc3ccccc3C)C2=O)cc(Cl)c1OC(=O)c1ccc(C)cc1. The van der Waals surface area contributed by atoms with Gasteiger partial charge in [-0.1, -0.05) is 53.6 Å². The summed E-state index contributed by atoms with van der Waals surface area (Å²) in [5.74, 6) is -0.656. The zero-order chi connectivity index (χ0) is 25.1. The molecule has 35 heavy (non-hydrogen) atoms. The third-order valence-corrected chi connectivity index (χ3v) is 6.68. The van der Waals surface area contributed by atoms with Crippen molar-refractivity contribution in [3.8, 4) is 11.5 Å². The second-order valence-electron chi connectivity index (χ2n) is 7.98. The maximum absolute atomic E-state index is 13.0. The van der Waals surface area contributed by atoms with Crippen molar-refractivity contribution in [3.05, 3.63) is 98.4 Å². The van der Waals surface area contributed by atoms with Gasteiger partial charge in [0.2, 0.25) is 0 Å². The number of methoxy groups -OCH3 is 1. The van der Waals surface area contributed by atoms with Gasteiger partial charge < -0.3 is 9.47 Å². The van der Waals surface area contributed by atoms with Gasteiger partial charge in [-0.3, -0.25) is 14.5 Å². The van der Waals surface area contributed by atoms with Crippen molar-refractivity contribution < 1.29 is 23.9 Å². The average Bonchev–Trinajstić information content (AvgIpc) is 3.09. The van der Waals surface area contributed by atoms with E-state index in [1.807, 2.05) is 50.2 Å². The Balaban J connectivity index is 1.57. The number of ether oxygens (including phenoxy) is 2. The highest BCUT2D eigenvalue weighted by Gasteiger charge is 2.35. The van der Waals surface area contributed by atoms with Gasteiger partial charge in [0.05, 0.1) is 29.1 Å². The summed E-state index contributed by atoms with van der Waals surface area (Å²) in [6, 6.07) is 17.7. The molecule has 3 aromatic rings. The summed E-state index contributed by atoms with van der Waals surface area (Å²) >= 11 is 7.28. The van der Waals surface area contributed by atoms with Gasteiger partial charge in [0.1, 0.15) is 0 Å². The number of esters is 1. The van der Waals surface area contributed by atoms with E-state index in [4.69, 9.17) is 21.1 Å². The van der Waals surface area contributed by atoms with Crippen LogP contribution in [0.2, 0.25) is 5.02 Å². The van der Waals surface area contributed by atoms with Crippen LogP contribution in [-0.2, 0) is 11.3 Å². The summed E-state index contributed by atoms with van der Waals surface area (Å²) in [5.41, 5.74) is 3.83. The number of thioether (sulfide) groups is 1. The van der Waals surface area contributed by atoms with Crippen LogP contribution in [0.3, 0.4) is 0 Å². The first-order chi connectivity index (χ1) is 16.8. The zero-order valence-electron chi connectivity index (χ0n) is 19.3. The molecule has 0 bridgehead atoms. The molecule has 0 radical (unpaired) electrons. The number of benzene rings is 3. The minimum atomic E-state index is -0.574. The number of nitrogens with zero attached hydrogens (tertiary/aromatic N) is 1. The molecule has 0 atom stereocenters. The lowest BCUT2D eigenvalue weighted by Gasteiger charge is -2.14. The lowest BCUT2D eigenvalue weighted by molar-refractivity contribution is -0.123. The summed E-state index contributed by atoms with van der Waals surface area (Å²) in [5, 5.41) is -0.207. The van der Waals surface area contributed by atoms with Crippen molar-refractivity contribution >= 4 is 46.6 Å². The van der Waals surface area contributed by atoms with Gasteiger partial charge in [-0.25, -0.2) is 4.79 Å². The zero-order valence-corrected chi connectivity index (χ0v) is 20.9. The van der Waals surface area contributed by atoms with Gasteiger partial charge in [0.15, 0.2) is 11.5 Å². The summed E-state index contributed by atoms with van der Waals surface area (Å²) in [7, 11) is 1.43. The highest BCUT2D eigenvalue weighted by atomic mass is 35.5. The lowest BCUT2D eigenvalue weighted by atomic mass is 10.1. The Hall–Kier alpha value is -3.55. The predicted octanol–water partition coefficient (Wildman–Crippen LogP) is 6.42. The fourth-order valence-corrected chi connectivity index (χ4v) is 4.60. The number of amides is 2. The van der Waals surface area contributed by atoms with Crippen LogP contribution in [0, 0.1) is 13.8 Å². The Labute approximate surface area is 212 Å². The summed E-state index contributed by atoms with van der Waals surface area (Å²) in [6.07, 6.45) is 1.57. The van der Waals surface area contributed by atoms with Crippen LogP contribution in [0.15, 0.2) is 65.6 Å². The van der Waals surface area contributed by atoms with Gasteiger partial charge >= 0.3 is 5.97 Å². The molecule has 0 aliphatic carbocycles. The highest BCUT2D eigenvalue weighted by Crippen LogP contribution is 2.39. The van der Waals surface area contributed by atoms with Crippen molar-refractivity contribution in [1.82, 2.24) is 4.90 Å². The highest BCUT2D eigenvalue weighted by molar-refractivity contribution is 8.18. The monoisotopic (exact) mass is 507 g/mol. The standard InChI is InChI=1S/C27H22ClNO5S/c1-16-8-10-19(11-9-16)26(31)34-24-21(28)12-18(13-22(24)33-3)14-23-25(30)29(27(32)35-23)15-20-7-5-4-6-17(20)2/h4-14H,15H2,1-3H3/b23-14-. The summed E-state index contributed by atoms with van der Waals surface area (Å²) < 4.78 is 10.9. The Kier molecular flexibility index (Phi) is 7.28. The molecule has 178 valence electrons. The molecule has 0 N–H and O–H groups in total. The Bertz CT molecular complexity index is 1350. The predicted molar refractivity (Wildman–Crippen MR) is 137 cm³/mol. The van der Waals surface area contributed by atoms with Gasteiger partial charge in [-0.2, -0.15) is 0 Å². The Morgan fingerprint density at radius 2 is 1.77 bits per heavy atom. The number of carbonyl (C=O) groups is 3. The third-order valence-electron chi connectivity index (χ3n) is 5.49. The van der Waals surface area contributed by atoms with Crippen LogP contribution in [0.25, 0.3) is 6.08 Å². The van der Waals surface area contributed by atoms with E-state index < -0.39 is 5.97 Å². The second-order valence-corrected chi connectivity index (χ2v) is 9.38. The van der Waals surface area contributed by atoms with Gasteiger partial charge in [0, 0.05) is 0 Å². The minimum absolute atomic E-state index is 0.0737. The molecule has 6 nitrogen and oxygen atoms in total. The molecule has 4 rings (SSSR count).